The smallest absolute Gasteiger partial charge is 0.0297 e. The molecule has 1 heterocycles. The van der Waals surface area contributed by atoms with Crippen molar-refractivity contribution in [3.05, 3.63) is 56.3 Å². The Morgan fingerprint density at radius 3 is 2.47 bits per heavy atom. The largest absolute Gasteiger partial charge is 0.306 e. The molecule has 19 heavy (non-hydrogen) atoms. The molecule has 0 aliphatic rings. The summed E-state index contributed by atoms with van der Waals surface area (Å²) in [6.45, 7) is 11.9. The summed E-state index contributed by atoms with van der Waals surface area (Å²) < 4.78 is 0. The molecule has 1 aromatic carbocycles. The van der Waals surface area contributed by atoms with Crippen LogP contribution in [0.4, 0.5) is 0 Å². The van der Waals surface area contributed by atoms with Crippen LogP contribution >= 0.6 is 11.3 Å². The van der Waals surface area contributed by atoms with Crippen molar-refractivity contribution in [2.45, 2.75) is 47.2 Å². The van der Waals surface area contributed by atoms with Crippen LogP contribution < -0.4 is 5.32 Å². The van der Waals surface area contributed by atoms with Crippen LogP contribution in [0.2, 0.25) is 0 Å². The topological polar surface area (TPSA) is 12.0 Å². The maximum atomic E-state index is 3.64. The molecule has 0 spiro atoms. The molecule has 0 amide bonds. The molecule has 1 nitrogen and oxygen atoms in total. The Morgan fingerprint density at radius 1 is 1.11 bits per heavy atom. The van der Waals surface area contributed by atoms with E-state index in [9.17, 15) is 0 Å². The normalized spacial score (nSPS) is 12.7. The Labute approximate surface area is 120 Å². The van der Waals surface area contributed by atoms with Gasteiger partial charge in [-0.25, -0.2) is 0 Å². The lowest BCUT2D eigenvalue weighted by Gasteiger charge is -2.17. The summed E-state index contributed by atoms with van der Waals surface area (Å²) in [5.74, 6) is 0. The van der Waals surface area contributed by atoms with Gasteiger partial charge in [-0.3, -0.25) is 0 Å². The van der Waals surface area contributed by atoms with E-state index in [-0.39, 0.29) is 0 Å². The van der Waals surface area contributed by atoms with Gasteiger partial charge in [-0.2, -0.15) is 0 Å². The Bertz CT molecular complexity index is 569. The Kier molecular flexibility index (Phi) is 4.43. The summed E-state index contributed by atoms with van der Waals surface area (Å²) in [6.07, 6.45) is 0. The lowest BCUT2D eigenvalue weighted by atomic mass is 10.00. The van der Waals surface area contributed by atoms with Crippen LogP contribution in [-0.2, 0) is 6.54 Å². The molecule has 1 aromatic heterocycles. The number of thiophene rings is 1. The third-order valence-corrected chi connectivity index (χ3v) is 4.65. The lowest BCUT2D eigenvalue weighted by Crippen LogP contribution is -2.19. The van der Waals surface area contributed by atoms with E-state index < -0.39 is 0 Å². The number of hydrogen-bond acceptors (Lipinski definition) is 2. The molecule has 0 aliphatic heterocycles. The molecule has 1 unspecified atom stereocenters. The number of hydrogen-bond donors (Lipinski definition) is 1. The zero-order valence-corrected chi connectivity index (χ0v) is 13.3. The summed E-state index contributed by atoms with van der Waals surface area (Å²) in [5.41, 5.74) is 5.53. The Morgan fingerprint density at radius 2 is 1.84 bits per heavy atom. The van der Waals surface area contributed by atoms with Crippen molar-refractivity contribution < 1.29 is 0 Å². The second kappa shape index (κ2) is 5.89. The van der Waals surface area contributed by atoms with Gasteiger partial charge in [0.2, 0.25) is 0 Å². The zero-order chi connectivity index (χ0) is 14.0. The van der Waals surface area contributed by atoms with Crippen LogP contribution in [-0.4, -0.2) is 0 Å². The average Bonchev–Trinajstić information content (AvgIpc) is 2.68. The highest BCUT2D eigenvalue weighted by atomic mass is 32.1. The van der Waals surface area contributed by atoms with Crippen LogP contribution in [0, 0.1) is 27.7 Å². The van der Waals surface area contributed by atoms with Crippen LogP contribution in [0.3, 0.4) is 0 Å². The predicted molar refractivity (Wildman–Crippen MR) is 85.0 cm³/mol. The fourth-order valence-corrected chi connectivity index (χ4v) is 3.40. The average molecular weight is 273 g/mol. The summed E-state index contributed by atoms with van der Waals surface area (Å²) in [7, 11) is 0. The SMILES string of the molecule is Cc1ccc(C)c(C(C)NCc2cc(C)sc2C)c1. The molecular formula is C17H23NS. The standard InChI is InChI=1S/C17H23NS/c1-11-6-7-12(2)17(8-11)14(4)18-10-16-9-13(3)19-15(16)5/h6-9,14,18H,10H2,1-5H3. The van der Waals surface area contributed by atoms with Gasteiger partial charge in [-0.15, -0.1) is 11.3 Å². The second-order valence-corrected chi connectivity index (χ2v) is 6.86. The van der Waals surface area contributed by atoms with Gasteiger partial charge >= 0.3 is 0 Å². The minimum atomic E-state index is 0.388. The fourth-order valence-electron chi connectivity index (χ4n) is 2.46. The highest BCUT2D eigenvalue weighted by Crippen LogP contribution is 2.23. The van der Waals surface area contributed by atoms with E-state index in [2.05, 4.69) is 64.2 Å². The molecule has 0 saturated heterocycles. The van der Waals surface area contributed by atoms with E-state index in [0.29, 0.717) is 6.04 Å². The highest BCUT2D eigenvalue weighted by Gasteiger charge is 2.09. The van der Waals surface area contributed by atoms with E-state index in [1.54, 1.807) is 0 Å². The molecule has 2 heteroatoms. The Hall–Kier alpha value is -1.12. The van der Waals surface area contributed by atoms with E-state index >= 15 is 0 Å². The molecule has 2 aromatic rings. The van der Waals surface area contributed by atoms with Crippen LogP contribution in [0.15, 0.2) is 24.3 Å². The van der Waals surface area contributed by atoms with Crippen molar-refractivity contribution in [1.82, 2.24) is 5.32 Å². The molecule has 102 valence electrons. The highest BCUT2D eigenvalue weighted by molar-refractivity contribution is 7.12. The van der Waals surface area contributed by atoms with Crippen molar-refractivity contribution in [2.24, 2.45) is 0 Å². The van der Waals surface area contributed by atoms with E-state index in [1.165, 1.54) is 32.0 Å². The number of aryl methyl sites for hydroxylation is 4. The minimum Gasteiger partial charge on any atom is -0.306 e. The molecule has 2 rings (SSSR count). The lowest BCUT2D eigenvalue weighted by molar-refractivity contribution is 0.571. The van der Waals surface area contributed by atoms with Crippen molar-refractivity contribution >= 4 is 11.3 Å². The van der Waals surface area contributed by atoms with Crippen LogP contribution in [0.1, 0.15) is 45.0 Å². The molecular weight excluding hydrogens is 250 g/mol. The van der Waals surface area contributed by atoms with E-state index in [4.69, 9.17) is 0 Å². The summed E-state index contributed by atoms with van der Waals surface area (Å²) in [6, 6.07) is 9.36. The zero-order valence-electron chi connectivity index (χ0n) is 12.5. The van der Waals surface area contributed by atoms with Gasteiger partial charge in [0.05, 0.1) is 0 Å². The number of nitrogens with one attached hydrogen (secondary N) is 1. The van der Waals surface area contributed by atoms with Gasteiger partial charge in [0.15, 0.2) is 0 Å². The fraction of sp³-hybridized carbons (Fsp3) is 0.412. The van der Waals surface area contributed by atoms with Crippen LogP contribution in [0.5, 0.6) is 0 Å². The van der Waals surface area contributed by atoms with Gasteiger partial charge < -0.3 is 5.32 Å². The maximum Gasteiger partial charge on any atom is 0.0297 e. The minimum absolute atomic E-state index is 0.388. The van der Waals surface area contributed by atoms with E-state index in [0.717, 1.165) is 6.54 Å². The summed E-state index contributed by atoms with van der Waals surface area (Å²) in [4.78, 5) is 2.83. The molecule has 0 fully saturated rings. The van der Waals surface area contributed by atoms with Crippen LogP contribution in [0.25, 0.3) is 0 Å². The van der Waals surface area contributed by atoms with Crippen molar-refractivity contribution in [2.75, 3.05) is 0 Å². The number of rotatable bonds is 4. The summed E-state index contributed by atoms with van der Waals surface area (Å²) in [5, 5.41) is 3.64. The van der Waals surface area contributed by atoms with Crippen molar-refractivity contribution in [1.29, 1.82) is 0 Å². The third kappa shape index (κ3) is 3.46. The van der Waals surface area contributed by atoms with Gasteiger partial charge in [-0.1, -0.05) is 23.8 Å². The molecule has 0 aliphatic carbocycles. The molecule has 1 atom stereocenters. The first-order valence-electron chi connectivity index (χ1n) is 6.84. The van der Waals surface area contributed by atoms with Gasteiger partial charge in [0, 0.05) is 22.3 Å². The quantitative estimate of drug-likeness (QED) is 0.841. The maximum absolute atomic E-state index is 3.64. The van der Waals surface area contributed by atoms with Crippen molar-refractivity contribution in [3.63, 3.8) is 0 Å². The first-order valence-corrected chi connectivity index (χ1v) is 7.65. The monoisotopic (exact) mass is 273 g/mol. The van der Waals surface area contributed by atoms with Gasteiger partial charge in [0.1, 0.15) is 0 Å². The van der Waals surface area contributed by atoms with Gasteiger partial charge in [-0.05, 0) is 57.4 Å². The number of benzene rings is 1. The third-order valence-electron chi connectivity index (χ3n) is 3.64. The predicted octanol–water partition coefficient (Wildman–Crippen LogP) is 4.83. The second-order valence-electron chi connectivity index (χ2n) is 5.40. The molecule has 0 saturated carbocycles. The van der Waals surface area contributed by atoms with E-state index in [1.807, 2.05) is 11.3 Å². The molecule has 1 N–H and O–H groups in total. The first kappa shape index (κ1) is 14.3. The first-order chi connectivity index (χ1) is 8.97. The molecule has 0 radical (unpaired) electrons. The summed E-state index contributed by atoms with van der Waals surface area (Å²) >= 11 is 1.88. The molecule has 0 bridgehead atoms. The van der Waals surface area contributed by atoms with Gasteiger partial charge in [0.25, 0.3) is 0 Å². The Balaban J connectivity index is 2.07. The van der Waals surface area contributed by atoms with Crippen molar-refractivity contribution in [3.8, 4) is 0 Å².